The van der Waals surface area contributed by atoms with Gasteiger partial charge in [0, 0.05) is 47.9 Å². The summed E-state index contributed by atoms with van der Waals surface area (Å²) in [5.74, 6) is 0.290. The number of piperidine rings is 1. The van der Waals surface area contributed by atoms with Gasteiger partial charge in [0.25, 0.3) is 0 Å². The lowest BCUT2D eigenvalue weighted by Gasteiger charge is -2.33. The van der Waals surface area contributed by atoms with Crippen LogP contribution >= 0.6 is 11.6 Å². The summed E-state index contributed by atoms with van der Waals surface area (Å²) in [5.41, 5.74) is 10.8. The van der Waals surface area contributed by atoms with Gasteiger partial charge in [-0.1, -0.05) is 19.6 Å². The number of rotatable bonds is 4. The van der Waals surface area contributed by atoms with Gasteiger partial charge in [-0.2, -0.15) is 15.3 Å². The zero-order valence-corrected chi connectivity index (χ0v) is 22.2. The zero-order valence-electron chi connectivity index (χ0n) is 21.5. The fraction of sp³-hybridized carbons (Fsp3) is 0.429. The number of hydrogen-bond acceptors (Lipinski definition) is 5. The number of hydrazone groups is 1. The van der Waals surface area contributed by atoms with Crippen molar-refractivity contribution < 1.29 is 4.79 Å². The molecule has 3 aliphatic rings. The molecule has 0 bridgehead atoms. The molecule has 9 heteroatoms. The van der Waals surface area contributed by atoms with Crippen molar-refractivity contribution in [2.24, 2.45) is 18.1 Å². The minimum absolute atomic E-state index is 0.00557. The molecule has 1 saturated heterocycles. The molecule has 2 aromatic heterocycles. The van der Waals surface area contributed by atoms with Gasteiger partial charge in [-0.05, 0) is 55.9 Å². The minimum Gasteiger partial charge on any atom is -0.339 e. The molecule has 3 atom stereocenters. The fourth-order valence-corrected chi connectivity index (χ4v) is 6.52. The van der Waals surface area contributed by atoms with E-state index in [1.54, 1.807) is 0 Å². The Hall–Kier alpha value is -3.39. The van der Waals surface area contributed by atoms with E-state index in [1.807, 2.05) is 29.0 Å². The van der Waals surface area contributed by atoms with Crippen LogP contribution in [0, 0.1) is 12.8 Å². The second kappa shape index (κ2) is 9.17. The Balaban J connectivity index is 1.50. The molecule has 1 aromatic carbocycles. The highest BCUT2D eigenvalue weighted by atomic mass is 35.5. The summed E-state index contributed by atoms with van der Waals surface area (Å²) < 4.78 is 4.06. The lowest BCUT2D eigenvalue weighted by atomic mass is 9.78. The maximum absolute atomic E-state index is 12.1. The number of carbonyl (C=O) groups excluding carboxylic acids is 1. The molecule has 3 unspecified atom stereocenters. The van der Waals surface area contributed by atoms with Crippen LogP contribution in [0.5, 0.6) is 0 Å². The monoisotopic (exact) mass is 517 g/mol. The van der Waals surface area contributed by atoms with Crippen molar-refractivity contribution >= 4 is 40.2 Å². The first kappa shape index (κ1) is 24.0. The van der Waals surface area contributed by atoms with E-state index in [2.05, 4.69) is 58.9 Å². The van der Waals surface area contributed by atoms with E-state index in [0.717, 1.165) is 63.8 Å². The van der Waals surface area contributed by atoms with Gasteiger partial charge in [0.15, 0.2) is 0 Å². The molecule has 192 valence electrons. The van der Waals surface area contributed by atoms with E-state index in [1.165, 1.54) is 6.08 Å². The maximum atomic E-state index is 12.1. The molecule has 4 heterocycles. The van der Waals surface area contributed by atoms with E-state index in [9.17, 15) is 4.79 Å². The topological polar surface area (TPSA) is 80.3 Å². The van der Waals surface area contributed by atoms with Crippen LogP contribution in [0.4, 0.5) is 0 Å². The van der Waals surface area contributed by atoms with Gasteiger partial charge in [0.05, 0.1) is 35.4 Å². The average Bonchev–Trinajstić information content (AvgIpc) is 3.62. The standard InChI is InChI=1S/C28H32ClN7O/c1-5-24(37)35-10-8-20(9-11-35)36-17(3)25(26-21-15-30-32-22(21)12-16(2)27(26)29)28(33-36)18-6-7-23-19(13-18)14-31-34(23)4/h5-7,13-16,20,22,27,32H,1,8-12H2,2-4H3. The Labute approximate surface area is 221 Å². The number of amides is 1. The summed E-state index contributed by atoms with van der Waals surface area (Å²) in [7, 11) is 1.95. The summed E-state index contributed by atoms with van der Waals surface area (Å²) in [6.45, 7) is 9.40. The van der Waals surface area contributed by atoms with E-state index in [4.69, 9.17) is 16.7 Å². The van der Waals surface area contributed by atoms with Crippen molar-refractivity contribution in [1.29, 1.82) is 0 Å². The smallest absolute Gasteiger partial charge is 0.245 e. The van der Waals surface area contributed by atoms with Gasteiger partial charge >= 0.3 is 0 Å². The lowest BCUT2D eigenvalue weighted by Crippen LogP contribution is -2.38. The van der Waals surface area contributed by atoms with Crippen LogP contribution in [0.1, 0.15) is 43.5 Å². The van der Waals surface area contributed by atoms with E-state index >= 15 is 0 Å². The van der Waals surface area contributed by atoms with Crippen LogP contribution in [-0.2, 0) is 11.8 Å². The third-order valence-electron chi connectivity index (χ3n) is 8.24. The third kappa shape index (κ3) is 3.89. The summed E-state index contributed by atoms with van der Waals surface area (Å²) in [6.07, 6.45) is 7.88. The van der Waals surface area contributed by atoms with E-state index < -0.39 is 0 Å². The first-order chi connectivity index (χ1) is 17.9. The fourth-order valence-electron chi connectivity index (χ4n) is 6.18. The van der Waals surface area contributed by atoms with Crippen molar-refractivity contribution in [3.8, 4) is 11.3 Å². The molecule has 0 saturated carbocycles. The highest BCUT2D eigenvalue weighted by Crippen LogP contribution is 2.45. The molecule has 0 radical (unpaired) electrons. The molecule has 3 aromatic rings. The molecule has 2 aliphatic heterocycles. The summed E-state index contributed by atoms with van der Waals surface area (Å²) >= 11 is 7.18. The second-order valence-corrected chi connectivity index (χ2v) is 10.9. The molecule has 8 nitrogen and oxygen atoms in total. The van der Waals surface area contributed by atoms with Crippen molar-refractivity contribution in [2.45, 2.75) is 50.6 Å². The number of benzene rings is 1. The van der Waals surface area contributed by atoms with Crippen LogP contribution in [0.25, 0.3) is 27.7 Å². The van der Waals surface area contributed by atoms with Gasteiger partial charge in [-0.15, -0.1) is 11.6 Å². The normalized spacial score (nSPS) is 24.0. The van der Waals surface area contributed by atoms with Crippen molar-refractivity contribution in [3.63, 3.8) is 0 Å². The van der Waals surface area contributed by atoms with E-state index in [0.29, 0.717) is 19.0 Å². The van der Waals surface area contributed by atoms with Gasteiger partial charge in [0.2, 0.25) is 5.91 Å². The van der Waals surface area contributed by atoms with Crippen molar-refractivity contribution in [1.82, 2.24) is 29.9 Å². The van der Waals surface area contributed by atoms with Gasteiger partial charge < -0.3 is 10.3 Å². The number of likely N-dealkylation sites (tertiary alicyclic amines) is 1. The number of carbonyl (C=O) groups is 1. The maximum Gasteiger partial charge on any atom is 0.245 e. The molecular formula is C28H32ClN7O. The predicted molar refractivity (Wildman–Crippen MR) is 147 cm³/mol. The molecule has 0 spiro atoms. The second-order valence-electron chi connectivity index (χ2n) is 10.5. The third-order valence-corrected chi connectivity index (χ3v) is 8.89. The summed E-state index contributed by atoms with van der Waals surface area (Å²) in [6, 6.07) is 6.78. The molecule has 1 fully saturated rings. The Morgan fingerprint density at radius 1 is 1.27 bits per heavy atom. The van der Waals surface area contributed by atoms with Crippen molar-refractivity contribution in [2.75, 3.05) is 13.1 Å². The Morgan fingerprint density at radius 3 is 2.81 bits per heavy atom. The highest BCUT2D eigenvalue weighted by Gasteiger charge is 2.39. The number of allylic oxidation sites excluding steroid dienone is 1. The van der Waals surface area contributed by atoms with Gasteiger partial charge in [0.1, 0.15) is 5.69 Å². The molecule has 1 aliphatic carbocycles. The Bertz CT molecular complexity index is 1460. The van der Waals surface area contributed by atoms with Crippen LogP contribution in [0.15, 0.2) is 47.7 Å². The van der Waals surface area contributed by atoms with Crippen LogP contribution in [0.3, 0.4) is 0 Å². The molecule has 37 heavy (non-hydrogen) atoms. The number of halogens is 1. The van der Waals surface area contributed by atoms with E-state index in [-0.39, 0.29) is 23.4 Å². The Morgan fingerprint density at radius 2 is 2.05 bits per heavy atom. The summed E-state index contributed by atoms with van der Waals surface area (Å²) in [5, 5.41) is 15.0. The molecule has 6 rings (SSSR count). The first-order valence-corrected chi connectivity index (χ1v) is 13.4. The van der Waals surface area contributed by atoms with Crippen LogP contribution in [0.2, 0.25) is 0 Å². The van der Waals surface area contributed by atoms with Crippen LogP contribution < -0.4 is 5.43 Å². The first-order valence-electron chi connectivity index (χ1n) is 13.0. The number of fused-ring (bicyclic) bond motifs is 2. The number of nitrogens with one attached hydrogen (secondary N) is 1. The largest absolute Gasteiger partial charge is 0.339 e. The van der Waals surface area contributed by atoms with Gasteiger partial charge in [-0.25, -0.2) is 0 Å². The minimum atomic E-state index is -0.137. The summed E-state index contributed by atoms with van der Waals surface area (Å²) in [4.78, 5) is 14.0. The number of aromatic nitrogens is 4. The zero-order chi connectivity index (χ0) is 25.8. The quantitative estimate of drug-likeness (QED) is 0.409. The number of nitrogens with zero attached hydrogens (tertiary/aromatic N) is 6. The average molecular weight is 518 g/mol. The van der Waals surface area contributed by atoms with Gasteiger partial charge in [-0.3, -0.25) is 14.2 Å². The lowest BCUT2D eigenvalue weighted by molar-refractivity contribution is -0.127. The van der Waals surface area contributed by atoms with Crippen molar-refractivity contribution in [3.05, 3.63) is 53.9 Å². The number of hydrogen-bond donors (Lipinski definition) is 1. The predicted octanol–water partition coefficient (Wildman–Crippen LogP) is 4.45. The number of alkyl halides is 1. The highest BCUT2D eigenvalue weighted by molar-refractivity contribution is 6.28. The Kier molecular flexibility index (Phi) is 5.94. The molecule has 1 amide bonds. The molecule has 1 N–H and O–H groups in total. The SMILES string of the molecule is C=CC(=O)N1CCC(n2nc(-c3ccc4c(cnn4C)c3)c(C3=C4C=NNC4CC(C)C3Cl)c2C)CC1. The van der Waals surface area contributed by atoms with Crippen LogP contribution in [-0.4, -0.2) is 61.1 Å². The molecular weight excluding hydrogens is 486 g/mol. The number of aryl methyl sites for hydroxylation is 1.